The third-order valence-electron chi connectivity index (χ3n) is 3.66. The minimum atomic E-state index is 0.733. The summed E-state index contributed by atoms with van der Waals surface area (Å²) in [6.45, 7) is 6.75. The lowest BCUT2D eigenvalue weighted by Crippen LogP contribution is -2.18. The first kappa shape index (κ1) is 15.6. The number of ether oxygens (including phenoxy) is 2. The van der Waals surface area contributed by atoms with E-state index in [0.717, 1.165) is 31.1 Å². The molecule has 4 heteroatoms. The standard InChI is InChI=1S/C17H24N2O2/c1-13-11-15(12-18-9-10-20-3)14(2)19(13)16-5-7-17(21-4)8-6-16/h5-8,11,18H,9-10,12H2,1-4H3. The molecule has 0 saturated heterocycles. The fourth-order valence-electron chi connectivity index (χ4n) is 2.53. The quantitative estimate of drug-likeness (QED) is 0.796. The summed E-state index contributed by atoms with van der Waals surface area (Å²) in [6, 6.07) is 10.4. The maximum absolute atomic E-state index is 5.22. The zero-order valence-corrected chi connectivity index (χ0v) is 13.3. The van der Waals surface area contributed by atoms with Crippen LogP contribution in [0.5, 0.6) is 5.75 Å². The molecule has 4 nitrogen and oxygen atoms in total. The van der Waals surface area contributed by atoms with Gasteiger partial charge in [0.1, 0.15) is 5.75 Å². The van der Waals surface area contributed by atoms with Crippen molar-refractivity contribution in [2.45, 2.75) is 20.4 Å². The van der Waals surface area contributed by atoms with Crippen molar-refractivity contribution in [3.05, 3.63) is 47.3 Å². The molecule has 0 saturated carbocycles. The summed E-state index contributed by atoms with van der Waals surface area (Å²) >= 11 is 0. The first-order valence-electron chi connectivity index (χ1n) is 7.19. The predicted octanol–water partition coefficient (Wildman–Crippen LogP) is 2.84. The molecule has 0 radical (unpaired) electrons. The van der Waals surface area contributed by atoms with E-state index >= 15 is 0 Å². The monoisotopic (exact) mass is 288 g/mol. The Balaban J connectivity index is 2.17. The van der Waals surface area contributed by atoms with Gasteiger partial charge < -0.3 is 19.4 Å². The molecule has 2 rings (SSSR count). The van der Waals surface area contributed by atoms with E-state index in [1.165, 1.54) is 17.0 Å². The zero-order chi connectivity index (χ0) is 15.2. The molecule has 2 aromatic rings. The van der Waals surface area contributed by atoms with Crippen molar-refractivity contribution in [2.24, 2.45) is 0 Å². The van der Waals surface area contributed by atoms with E-state index in [0.29, 0.717) is 0 Å². The Bertz CT molecular complexity index is 573. The van der Waals surface area contributed by atoms with Crippen molar-refractivity contribution < 1.29 is 9.47 Å². The molecular weight excluding hydrogens is 264 g/mol. The van der Waals surface area contributed by atoms with Gasteiger partial charge in [-0.05, 0) is 49.7 Å². The average Bonchev–Trinajstić information content (AvgIpc) is 2.78. The number of hydrogen-bond acceptors (Lipinski definition) is 3. The Kier molecular flexibility index (Phi) is 5.42. The number of rotatable bonds is 7. The number of benzene rings is 1. The molecule has 0 spiro atoms. The van der Waals surface area contributed by atoms with E-state index in [1.54, 1.807) is 14.2 Å². The SMILES string of the molecule is COCCNCc1cc(C)n(-c2ccc(OC)cc2)c1C. The van der Waals surface area contributed by atoms with E-state index in [1.807, 2.05) is 12.1 Å². The van der Waals surface area contributed by atoms with Gasteiger partial charge in [0, 0.05) is 37.3 Å². The van der Waals surface area contributed by atoms with Gasteiger partial charge in [-0.3, -0.25) is 0 Å². The van der Waals surface area contributed by atoms with Gasteiger partial charge in [-0.25, -0.2) is 0 Å². The van der Waals surface area contributed by atoms with Gasteiger partial charge in [0.2, 0.25) is 0 Å². The molecule has 0 aliphatic carbocycles. The van der Waals surface area contributed by atoms with Gasteiger partial charge in [-0.2, -0.15) is 0 Å². The normalized spacial score (nSPS) is 10.9. The summed E-state index contributed by atoms with van der Waals surface area (Å²) < 4.78 is 12.5. The topological polar surface area (TPSA) is 35.4 Å². The van der Waals surface area contributed by atoms with Crippen LogP contribution in [-0.4, -0.2) is 31.9 Å². The molecule has 1 aromatic carbocycles. The molecule has 0 aliphatic heterocycles. The third-order valence-corrected chi connectivity index (χ3v) is 3.66. The molecule has 0 aliphatic rings. The Morgan fingerprint density at radius 2 is 1.81 bits per heavy atom. The number of nitrogens with one attached hydrogen (secondary N) is 1. The second-order valence-electron chi connectivity index (χ2n) is 5.10. The number of hydrogen-bond donors (Lipinski definition) is 1. The van der Waals surface area contributed by atoms with Gasteiger partial charge in [-0.1, -0.05) is 0 Å². The van der Waals surface area contributed by atoms with Gasteiger partial charge in [0.05, 0.1) is 13.7 Å². The Hall–Kier alpha value is -1.78. The highest BCUT2D eigenvalue weighted by molar-refractivity contribution is 5.43. The van der Waals surface area contributed by atoms with E-state index in [-0.39, 0.29) is 0 Å². The van der Waals surface area contributed by atoms with Gasteiger partial charge in [0.15, 0.2) is 0 Å². The Morgan fingerprint density at radius 1 is 1.10 bits per heavy atom. The molecule has 0 bridgehead atoms. The van der Waals surface area contributed by atoms with E-state index in [2.05, 4.69) is 41.9 Å². The molecule has 1 aromatic heterocycles. The fraction of sp³-hybridized carbons (Fsp3) is 0.412. The van der Waals surface area contributed by atoms with Crippen LogP contribution in [0.4, 0.5) is 0 Å². The predicted molar refractivity (Wildman–Crippen MR) is 85.4 cm³/mol. The highest BCUT2D eigenvalue weighted by Crippen LogP contribution is 2.22. The minimum absolute atomic E-state index is 0.733. The molecule has 1 N–H and O–H groups in total. The highest BCUT2D eigenvalue weighted by atomic mass is 16.5. The van der Waals surface area contributed by atoms with Crippen LogP contribution >= 0.6 is 0 Å². The number of nitrogens with zero attached hydrogens (tertiary/aromatic N) is 1. The van der Waals surface area contributed by atoms with Crippen molar-refractivity contribution in [1.29, 1.82) is 0 Å². The van der Waals surface area contributed by atoms with Gasteiger partial charge in [0.25, 0.3) is 0 Å². The molecule has 0 fully saturated rings. The lowest BCUT2D eigenvalue weighted by atomic mass is 10.2. The largest absolute Gasteiger partial charge is 0.497 e. The second-order valence-corrected chi connectivity index (χ2v) is 5.10. The lowest BCUT2D eigenvalue weighted by Gasteiger charge is -2.11. The zero-order valence-electron chi connectivity index (χ0n) is 13.3. The van der Waals surface area contributed by atoms with Crippen LogP contribution in [0.15, 0.2) is 30.3 Å². The van der Waals surface area contributed by atoms with Gasteiger partial charge >= 0.3 is 0 Å². The first-order valence-corrected chi connectivity index (χ1v) is 7.19. The van der Waals surface area contributed by atoms with Gasteiger partial charge in [-0.15, -0.1) is 0 Å². The molecule has 21 heavy (non-hydrogen) atoms. The van der Waals surface area contributed by atoms with Crippen LogP contribution in [0.3, 0.4) is 0 Å². The summed E-state index contributed by atoms with van der Waals surface area (Å²) in [4.78, 5) is 0. The molecule has 0 atom stereocenters. The fourth-order valence-corrected chi connectivity index (χ4v) is 2.53. The van der Waals surface area contributed by atoms with Crippen LogP contribution in [0.25, 0.3) is 5.69 Å². The summed E-state index contributed by atoms with van der Waals surface area (Å²) in [5.41, 5.74) is 4.98. The molecule has 0 amide bonds. The average molecular weight is 288 g/mol. The smallest absolute Gasteiger partial charge is 0.119 e. The molecule has 114 valence electrons. The van der Waals surface area contributed by atoms with Crippen LogP contribution in [-0.2, 0) is 11.3 Å². The van der Waals surface area contributed by atoms with E-state index < -0.39 is 0 Å². The minimum Gasteiger partial charge on any atom is -0.497 e. The third kappa shape index (κ3) is 3.65. The maximum Gasteiger partial charge on any atom is 0.119 e. The number of aromatic nitrogens is 1. The van der Waals surface area contributed by atoms with Crippen molar-refractivity contribution in [2.75, 3.05) is 27.4 Å². The Labute approximate surface area is 126 Å². The van der Waals surface area contributed by atoms with Crippen LogP contribution in [0, 0.1) is 13.8 Å². The Morgan fingerprint density at radius 3 is 2.43 bits per heavy atom. The lowest BCUT2D eigenvalue weighted by molar-refractivity contribution is 0.199. The molecule has 1 heterocycles. The van der Waals surface area contributed by atoms with Crippen molar-refractivity contribution in [3.63, 3.8) is 0 Å². The summed E-state index contributed by atoms with van der Waals surface area (Å²) in [6.07, 6.45) is 0. The molecular formula is C17H24N2O2. The molecule has 0 unspecified atom stereocenters. The van der Waals surface area contributed by atoms with Crippen LogP contribution in [0.1, 0.15) is 17.0 Å². The first-order chi connectivity index (χ1) is 10.2. The summed E-state index contributed by atoms with van der Waals surface area (Å²) in [5.74, 6) is 0.877. The maximum atomic E-state index is 5.22. The number of methoxy groups -OCH3 is 2. The van der Waals surface area contributed by atoms with Crippen molar-refractivity contribution in [1.82, 2.24) is 9.88 Å². The highest BCUT2D eigenvalue weighted by Gasteiger charge is 2.10. The van der Waals surface area contributed by atoms with E-state index in [9.17, 15) is 0 Å². The van der Waals surface area contributed by atoms with Crippen LogP contribution in [0.2, 0.25) is 0 Å². The summed E-state index contributed by atoms with van der Waals surface area (Å²) in [7, 11) is 3.40. The van der Waals surface area contributed by atoms with Crippen LogP contribution < -0.4 is 10.1 Å². The number of aryl methyl sites for hydroxylation is 1. The van der Waals surface area contributed by atoms with E-state index in [4.69, 9.17) is 9.47 Å². The summed E-state index contributed by atoms with van der Waals surface area (Å²) in [5, 5.41) is 3.40. The van der Waals surface area contributed by atoms with Crippen molar-refractivity contribution in [3.8, 4) is 11.4 Å². The van der Waals surface area contributed by atoms with Crippen molar-refractivity contribution >= 4 is 0 Å². The second kappa shape index (κ2) is 7.29.